The first kappa shape index (κ1) is 25.9. The number of carbonyl (C=O) groups is 5. The van der Waals surface area contributed by atoms with Crippen molar-refractivity contribution in [2.24, 2.45) is 5.73 Å². The van der Waals surface area contributed by atoms with Gasteiger partial charge in [-0.25, -0.2) is 4.79 Å². The molecule has 0 aliphatic rings. The minimum Gasteiger partial charge on any atom is -0.481 e. The molecule has 0 aromatic heterocycles. The lowest BCUT2D eigenvalue weighted by molar-refractivity contribution is -0.141. The Hall–Kier alpha value is -3.12. The summed E-state index contributed by atoms with van der Waals surface area (Å²) in [7, 11) is 0. The Morgan fingerprint density at radius 3 is 2.16 bits per heavy atom. The second-order valence-corrected chi connectivity index (χ2v) is 7.01. The van der Waals surface area contributed by atoms with E-state index in [-0.39, 0.29) is 25.0 Å². The summed E-state index contributed by atoms with van der Waals surface area (Å²) in [4.78, 5) is 58.2. The van der Waals surface area contributed by atoms with Gasteiger partial charge in [-0.3, -0.25) is 19.2 Å². The standard InChI is InChI=1S/C19H26N4O7S/c20-12(6-7-16(25)26)17(27)23-14(10-31)18(28)21-9-15(24)22-13(19(29)30)8-11-4-2-1-3-5-11/h1-5,12-14,31H,6-10,20H2,(H,21,28)(H,22,24)(H,23,27)(H,25,26)(H,29,30). The number of hydrogen-bond acceptors (Lipinski definition) is 7. The van der Waals surface area contributed by atoms with Crippen LogP contribution in [0.4, 0.5) is 0 Å². The van der Waals surface area contributed by atoms with Gasteiger partial charge in [-0.05, 0) is 12.0 Å². The van der Waals surface area contributed by atoms with Crippen molar-refractivity contribution >= 4 is 42.3 Å². The Morgan fingerprint density at radius 1 is 0.968 bits per heavy atom. The third-order valence-electron chi connectivity index (χ3n) is 4.16. The van der Waals surface area contributed by atoms with Crippen molar-refractivity contribution in [3.05, 3.63) is 35.9 Å². The fourth-order valence-electron chi connectivity index (χ4n) is 2.47. The van der Waals surface area contributed by atoms with Gasteiger partial charge in [0.05, 0.1) is 12.6 Å². The Morgan fingerprint density at radius 2 is 1.61 bits per heavy atom. The summed E-state index contributed by atoms with van der Waals surface area (Å²) in [5, 5.41) is 24.9. The summed E-state index contributed by atoms with van der Waals surface area (Å²) < 4.78 is 0. The molecule has 7 N–H and O–H groups in total. The maximum atomic E-state index is 12.2. The number of benzene rings is 1. The maximum Gasteiger partial charge on any atom is 0.326 e. The van der Waals surface area contributed by atoms with Crippen LogP contribution in [0.3, 0.4) is 0 Å². The average molecular weight is 455 g/mol. The van der Waals surface area contributed by atoms with Gasteiger partial charge in [0.1, 0.15) is 12.1 Å². The quantitative estimate of drug-likeness (QED) is 0.176. The van der Waals surface area contributed by atoms with E-state index in [0.717, 1.165) is 5.56 Å². The Balaban J connectivity index is 2.53. The van der Waals surface area contributed by atoms with Crippen LogP contribution in [0.15, 0.2) is 30.3 Å². The van der Waals surface area contributed by atoms with Crippen LogP contribution < -0.4 is 21.7 Å². The Bertz CT molecular complexity index is 791. The number of amides is 3. The van der Waals surface area contributed by atoms with Gasteiger partial charge in [-0.2, -0.15) is 12.6 Å². The molecule has 0 aliphatic heterocycles. The normalized spacial score (nSPS) is 13.4. The molecular formula is C19H26N4O7S. The highest BCUT2D eigenvalue weighted by Gasteiger charge is 2.24. The molecule has 3 unspecified atom stereocenters. The van der Waals surface area contributed by atoms with Crippen molar-refractivity contribution in [3.63, 3.8) is 0 Å². The molecule has 1 aromatic carbocycles. The Kier molecular flexibility index (Phi) is 11.1. The molecule has 0 aliphatic carbocycles. The van der Waals surface area contributed by atoms with Crippen LogP contribution in [0.1, 0.15) is 18.4 Å². The van der Waals surface area contributed by atoms with Crippen molar-refractivity contribution in [2.45, 2.75) is 37.4 Å². The van der Waals surface area contributed by atoms with E-state index in [1.807, 2.05) is 0 Å². The van der Waals surface area contributed by atoms with Crippen LogP contribution in [0.2, 0.25) is 0 Å². The first-order chi connectivity index (χ1) is 14.6. The molecule has 31 heavy (non-hydrogen) atoms. The summed E-state index contributed by atoms with van der Waals surface area (Å²) in [5.41, 5.74) is 6.30. The van der Waals surface area contributed by atoms with Crippen LogP contribution in [-0.2, 0) is 30.4 Å². The monoisotopic (exact) mass is 454 g/mol. The third kappa shape index (κ3) is 9.96. The molecule has 3 atom stereocenters. The number of rotatable bonds is 13. The highest BCUT2D eigenvalue weighted by Crippen LogP contribution is 2.03. The first-order valence-corrected chi connectivity index (χ1v) is 9.99. The number of thiol groups is 1. The van der Waals surface area contributed by atoms with E-state index in [9.17, 15) is 29.1 Å². The summed E-state index contributed by atoms with van der Waals surface area (Å²) in [6, 6.07) is 5.31. The maximum absolute atomic E-state index is 12.2. The highest BCUT2D eigenvalue weighted by molar-refractivity contribution is 7.80. The van der Waals surface area contributed by atoms with Gasteiger partial charge >= 0.3 is 11.9 Å². The highest BCUT2D eigenvalue weighted by atomic mass is 32.1. The van der Waals surface area contributed by atoms with Gasteiger partial charge in [0.15, 0.2) is 0 Å². The molecular weight excluding hydrogens is 428 g/mol. The second-order valence-electron chi connectivity index (χ2n) is 6.65. The SMILES string of the molecule is NC(CCC(=O)O)C(=O)NC(CS)C(=O)NCC(=O)NC(Cc1ccccc1)C(=O)O. The molecule has 0 spiro atoms. The first-order valence-electron chi connectivity index (χ1n) is 9.36. The van der Waals surface area contributed by atoms with Crippen LogP contribution in [0.5, 0.6) is 0 Å². The van der Waals surface area contributed by atoms with Crippen molar-refractivity contribution in [3.8, 4) is 0 Å². The van der Waals surface area contributed by atoms with E-state index in [0.29, 0.717) is 0 Å². The van der Waals surface area contributed by atoms with Gasteiger partial charge < -0.3 is 31.9 Å². The van der Waals surface area contributed by atoms with Crippen molar-refractivity contribution < 1.29 is 34.2 Å². The molecule has 0 bridgehead atoms. The molecule has 0 radical (unpaired) electrons. The van der Waals surface area contributed by atoms with Crippen molar-refractivity contribution in [1.82, 2.24) is 16.0 Å². The number of carboxylic acid groups (broad SMARTS) is 2. The molecule has 170 valence electrons. The minimum absolute atomic E-state index is 0.0689. The number of carbonyl (C=O) groups excluding carboxylic acids is 3. The van der Waals surface area contributed by atoms with E-state index >= 15 is 0 Å². The topological polar surface area (TPSA) is 188 Å². The summed E-state index contributed by atoms with van der Waals surface area (Å²) in [5.74, 6) is -4.60. The molecule has 3 amide bonds. The zero-order chi connectivity index (χ0) is 23.4. The van der Waals surface area contributed by atoms with Gasteiger partial charge in [0.2, 0.25) is 17.7 Å². The van der Waals surface area contributed by atoms with Gasteiger partial charge in [0.25, 0.3) is 0 Å². The predicted octanol–water partition coefficient (Wildman–Crippen LogP) is -1.48. The summed E-state index contributed by atoms with van der Waals surface area (Å²) in [6.07, 6.45) is -0.345. The Labute approximate surface area is 184 Å². The van der Waals surface area contributed by atoms with E-state index in [1.54, 1.807) is 30.3 Å². The molecule has 0 fully saturated rings. The average Bonchev–Trinajstić information content (AvgIpc) is 2.73. The van der Waals surface area contributed by atoms with E-state index in [4.69, 9.17) is 10.8 Å². The third-order valence-corrected chi connectivity index (χ3v) is 4.53. The van der Waals surface area contributed by atoms with E-state index in [1.165, 1.54) is 0 Å². The fraction of sp³-hybridized carbons (Fsp3) is 0.421. The molecule has 0 saturated carbocycles. The number of nitrogens with one attached hydrogen (secondary N) is 3. The smallest absolute Gasteiger partial charge is 0.326 e. The molecule has 11 nitrogen and oxygen atoms in total. The predicted molar refractivity (Wildman–Crippen MR) is 113 cm³/mol. The lowest BCUT2D eigenvalue weighted by Crippen LogP contribution is -2.54. The van der Waals surface area contributed by atoms with Crippen LogP contribution in [0, 0.1) is 0 Å². The molecule has 0 heterocycles. The van der Waals surface area contributed by atoms with Crippen molar-refractivity contribution in [2.75, 3.05) is 12.3 Å². The number of nitrogens with two attached hydrogens (primary N) is 1. The number of aliphatic carboxylic acids is 2. The summed E-state index contributed by atoms with van der Waals surface area (Å²) in [6.45, 7) is -0.511. The second kappa shape index (κ2) is 13.2. The van der Waals surface area contributed by atoms with E-state index < -0.39 is 54.3 Å². The molecule has 1 aromatic rings. The minimum atomic E-state index is -1.22. The van der Waals surface area contributed by atoms with Gasteiger partial charge in [-0.15, -0.1) is 0 Å². The summed E-state index contributed by atoms with van der Waals surface area (Å²) >= 11 is 3.98. The van der Waals surface area contributed by atoms with Gasteiger partial charge in [0, 0.05) is 18.6 Å². The number of carboxylic acids is 2. The zero-order valence-corrected chi connectivity index (χ0v) is 17.5. The molecule has 1 rings (SSSR count). The van der Waals surface area contributed by atoms with E-state index in [2.05, 4.69) is 28.6 Å². The molecule has 12 heteroatoms. The van der Waals surface area contributed by atoms with Gasteiger partial charge in [-0.1, -0.05) is 30.3 Å². The zero-order valence-electron chi connectivity index (χ0n) is 16.6. The largest absolute Gasteiger partial charge is 0.481 e. The number of hydrogen-bond donors (Lipinski definition) is 7. The lowest BCUT2D eigenvalue weighted by Gasteiger charge is -2.19. The fourth-order valence-corrected chi connectivity index (χ4v) is 2.73. The lowest BCUT2D eigenvalue weighted by atomic mass is 10.1. The van der Waals surface area contributed by atoms with Crippen molar-refractivity contribution in [1.29, 1.82) is 0 Å². The van der Waals surface area contributed by atoms with Crippen LogP contribution in [0.25, 0.3) is 0 Å². The van der Waals surface area contributed by atoms with Crippen LogP contribution in [-0.4, -0.2) is 70.3 Å². The van der Waals surface area contributed by atoms with Crippen LogP contribution >= 0.6 is 12.6 Å². The molecule has 0 saturated heterocycles.